The molecule has 0 unspecified atom stereocenters. The van der Waals surface area contributed by atoms with Crippen molar-refractivity contribution in [2.75, 3.05) is 0 Å². The summed E-state index contributed by atoms with van der Waals surface area (Å²) < 4.78 is 24.4. The minimum absolute atomic E-state index is 0.153. The Hall–Kier alpha value is -2.06. The van der Waals surface area contributed by atoms with Crippen molar-refractivity contribution >= 4 is 27.1 Å². The quantitative estimate of drug-likeness (QED) is 0.487. The third-order valence-electron chi connectivity index (χ3n) is 2.17. The molecule has 0 amide bonds. The molecule has 0 aromatic carbocycles. The highest BCUT2D eigenvalue weighted by Crippen LogP contribution is 2.27. The summed E-state index contributed by atoms with van der Waals surface area (Å²) in [6.45, 7) is 0. The molecule has 19 heavy (non-hydrogen) atoms. The molecule has 0 saturated heterocycles. The topological polar surface area (TPSA) is 103 Å². The van der Waals surface area contributed by atoms with Crippen LogP contribution in [-0.4, -0.2) is 23.3 Å². The van der Waals surface area contributed by atoms with Gasteiger partial charge in [0, 0.05) is 12.3 Å². The van der Waals surface area contributed by atoms with Gasteiger partial charge in [-0.25, -0.2) is 18.4 Å². The Kier molecular flexibility index (Phi) is 3.45. The summed E-state index contributed by atoms with van der Waals surface area (Å²) in [7, 11) is -4.19. The molecule has 0 aliphatic heterocycles. The number of nitrogens with zero attached hydrogens (tertiary/aromatic N) is 3. The largest absolute Gasteiger partial charge is 0.307 e. The van der Waals surface area contributed by atoms with Crippen LogP contribution < -0.4 is 0 Å². The molecule has 7 nitrogen and oxygen atoms in total. The van der Waals surface area contributed by atoms with E-state index in [1.165, 1.54) is 24.4 Å². The molecule has 0 aliphatic rings. The SMILES string of the molecule is O=[N+]([O-])c1ccc(Cl)nc1S(=O)(=O)c1ccccn1. The Morgan fingerprint density at radius 3 is 2.53 bits per heavy atom. The zero-order valence-electron chi connectivity index (χ0n) is 9.22. The van der Waals surface area contributed by atoms with Crippen LogP contribution >= 0.6 is 11.6 Å². The van der Waals surface area contributed by atoms with Gasteiger partial charge >= 0.3 is 5.69 Å². The predicted molar refractivity (Wildman–Crippen MR) is 65.6 cm³/mol. The molecule has 0 radical (unpaired) electrons. The van der Waals surface area contributed by atoms with Crippen LogP contribution in [0.3, 0.4) is 0 Å². The normalized spacial score (nSPS) is 11.2. The van der Waals surface area contributed by atoms with Gasteiger partial charge in [0.2, 0.25) is 14.9 Å². The van der Waals surface area contributed by atoms with E-state index in [1.807, 2.05) is 0 Å². The van der Waals surface area contributed by atoms with Crippen molar-refractivity contribution < 1.29 is 13.3 Å². The molecular formula is C10H6ClN3O4S. The molecule has 2 aromatic heterocycles. The highest BCUT2D eigenvalue weighted by molar-refractivity contribution is 7.91. The molecule has 9 heteroatoms. The average molecular weight is 300 g/mol. The van der Waals surface area contributed by atoms with Gasteiger partial charge in [-0.1, -0.05) is 17.7 Å². The lowest BCUT2D eigenvalue weighted by Gasteiger charge is -2.03. The van der Waals surface area contributed by atoms with Crippen molar-refractivity contribution in [3.63, 3.8) is 0 Å². The maximum atomic E-state index is 12.2. The van der Waals surface area contributed by atoms with Gasteiger partial charge in [-0.15, -0.1) is 0 Å². The maximum Gasteiger partial charge on any atom is 0.307 e. The molecule has 0 aliphatic carbocycles. The Balaban J connectivity index is 2.71. The smallest absolute Gasteiger partial charge is 0.258 e. The van der Waals surface area contributed by atoms with Gasteiger partial charge in [-0.3, -0.25) is 10.1 Å². The highest BCUT2D eigenvalue weighted by atomic mass is 35.5. The third-order valence-corrected chi connectivity index (χ3v) is 3.98. The second-order valence-electron chi connectivity index (χ2n) is 3.39. The van der Waals surface area contributed by atoms with E-state index in [4.69, 9.17) is 11.6 Å². The first-order valence-electron chi connectivity index (χ1n) is 4.90. The lowest BCUT2D eigenvalue weighted by Crippen LogP contribution is -2.09. The molecule has 0 bridgehead atoms. The van der Waals surface area contributed by atoms with Crippen LogP contribution in [0.15, 0.2) is 46.6 Å². The van der Waals surface area contributed by atoms with Crippen LogP contribution in [0.25, 0.3) is 0 Å². The second-order valence-corrected chi connectivity index (χ2v) is 5.59. The summed E-state index contributed by atoms with van der Waals surface area (Å²) in [6, 6.07) is 6.35. The van der Waals surface area contributed by atoms with Crippen molar-refractivity contribution in [2.24, 2.45) is 0 Å². The number of rotatable bonds is 3. The summed E-state index contributed by atoms with van der Waals surface area (Å²) in [5, 5.41) is 9.65. The molecule has 0 saturated carbocycles. The van der Waals surface area contributed by atoms with Crippen molar-refractivity contribution in [1.29, 1.82) is 0 Å². The molecule has 98 valence electrons. The third kappa shape index (κ3) is 2.54. The summed E-state index contributed by atoms with van der Waals surface area (Å²) in [5.41, 5.74) is -0.643. The lowest BCUT2D eigenvalue weighted by atomic mass is 10.4. The minimum atomic E-state index is -4.19. The number of aromatic nitrogens is 2. The van der Waals surface area contributed by atoms with Crippen LogP contribution in [-0.2, 0) is 9.84 Å². The number of nitro groups is 1. The van der Waals surface area contributed by atoms with Gasteiger partial charge in [-0.05, 0) is 18.2 Å². The molecule has 2 rings (SSSR count). The number of hydrogen-bond acceptors (Lipinski definition) is 6. The van der Waals surface area contributed by atoms with E-state index in [1.54, 1.807) is 0 Å². The van der Waals surface area contributed by atoms with E-state index >= 15 is 0 Å². The van der Waals surface area contributed by atoms with Crippen molar-refractivity contribution in [1.82, 2.24) is 9.97 Å². The molecule has 2 aromatic rings. The van der Waals surface area contributed by atoms with E-state index in [-0.39, 0.29) is 10.2 Å². The molecule has 0 N–H and O–H groups in total. The Labute approximate surface area is 113 Å². The van der Waals surface area contributed by atoms with Gasteiger partial charge in [0.15, 0.2) is 5.03 Å². The van der Waals surface area contributed by atoms with Crippen LogP contribution in [0.2, 0.25) is 5.15 Å². The Morgan fingerprint density at radius 1 is 1.21 bits per heavy atom. The van der Waals surface area contributed by atoms with E-state index in [9.17, 15) is 18.5 Å². The molecule has 0 spiro atoms. The van der Waals surface area contributed by atoms with Crippen LogP contribution in [0, 0.1) is 10.1 Å². The maximum absolute atomic E-state index is 12.2. The fourth-order valence-corrected chi connectivity index (χ4v) is 2.84. The Bertz CT molecular complexity index is 734. The minimum Gasteiger partial charge on any atom is -0.258 e. The summed E-state index contributed by atoms with van der Waals surface area (Å²) in [6.07, 6.45) is 1.27. The second kappa shape index (κ2) is 4.90. The van der Waals surface area contributed by atoms with Gasteiger partial charge in [-0.2, -0.15) is 0 Å². The first-order chi connectivity index (χ1) is 8.93. The molecular weight excluding hydrogens is 294 g/mol. The van der Waals surface area contributed by atoms with E-state index in [0.29, 0.717) is 0 Å². The van der Waals surface area contributed by atoms with Crippen molar-refractivity contribution in [2.45, 2.75) is 10.1 Å². The summed E-state index contributed by atoms with van der Waals surface area (Å²) >= 11 is 5.60. The monoisotopic (exact) mass is 299 g/mol. The van der Waals surface area contributed by atoms with E-state index in [0.717, 1.165) is 12.1 Å². The van der Waals surface area contributed by atoms with Crippen LogP contribution in [0.5, 0.6) is 0 Å². The molecule has 0 atom stereocenters. The highest BCUT2D eigenvalue weighted by Gasteiger charge is 2.30. The Morgan fingerprint density at radius 2 is 1.95 bits per heavy atom. The van der Waals surface area contributed by atoms with Crippen molar-refractivity contribution in [3.8, 4) is 0 Å². The van der Waals surface area contributed by atoms with Crippen molar-refractivity contribution in [3.05, 3.63) is 51.8 Å². The fraction of sp³-hybridized carbons (Fsp3) is 0. The fourth-order valence-electron chi connectivity index (χ4n) is 1.35. The standard InChI is InChI=1S/C10H6ClN3O4S/c11-8-5-4-7(14(15)16)10(13-8)19(17,18)9-3-1-2-6-12-9/h1-6H. The van der Waals surface area contributed by atoms with Crippen LogP contribution in [0.1, 0.15) is 0 Å². The first-order valence-corrected chi connectivity index (χ1v) is 6.76. The van der Waals surface area contributed by atoms with E-state index < -0.39 is 25.5 Å². The van der Waals surface area contributed by atoms with Crippen LogP contribution in [0.4, 0.5) is 5.69 Å². The first kappa shape index (κ1) is 13.4. The van der Waals surface area contributed by atoms with E-state index in [2.05, 4.69) is 9.97 Å². The number of halogens is 1. The predicted octanol–water partition coefficient (Wildman–Crippen LogP) is 1.87. The molecule has 0 fully saturated rings. The summed E-state index contributed by atoms with van der Waals surface area (Å²) in [5.74, 6) is 0. The zero-order valence-corrected chi connectivity index (χ0v) is 10.8. The summed E-state index contributed by atoms with van der Waals surface area (Å²) in [4.78, 5) is 17.2. The number of hydrogen-bond donors (Lipinski definition) is 0. The number of sulfone groups is 1. The molecule has 2 heterocycles. The van der Waals surface area contributed by atoms with Gasteiger partial charge in [0.25, 0.3) is 0 Å². The number of pyridine rings is 2. The average Bonchev–Trinajstić information content (AvgIpc) is 2.39. The van der Waals surface area contributed by atoms with Gasteiger partial charge < -0.3 is 0 Å². The van der Waals surface area contributed by atoms with Gasteiger partial charge in [0.05, 0.1) is 4.92 Å². The zero-order chi connectivity index (χ0) is 14.0. The lowest BCUT2D eigenvalue weighted by molar-refractivity contribution is -0.388. The van der Waals surface area contributed by atoms with Gasteiger partial charge in [0.1, 0.15) is 5.15 Å².